The average Bonchev–Trinajstić information content (AvgIpc) is 3.97. The molecule has 3 aromatic heterocycles. The highest BCUT2D eigenvalue weighted by Crippen LogP contribution is 2.38. The minimum absolute atomic E-state index is 0.222. The fourth-order valence-corrected chi connectivity index (χ4v) is 7.43. The Morgan fingerprint density at radius 2 is 0.641 bits per heavy atom. The molecule has 322 valence electrons. The van der Waals surface area contributed by atoms with Gasteiger partial charge in [-0.2, -0.15) is 0 Å². The SMILES string of the molecule is CC(C)OC(=O)c1ccc2c(c1)-c1nc-2nc2[nH]c(nc3nc(nc4[nH]c(n1)c1ccc(C(=O)OC(C)C)cc41)-c1ccc(C(=O)OC(C)C)cc1-3)c1ccc(C(=O)OC(C)C)cc21. The molecule has 16 heteroatoms. The summed E-state index contributed by atoms with van der Waals surface area (Å²) < 4.78 is 22.1. The highest BCUT2D eigenvalue weighted by atomic mass is 16.6. The third-order valence-corrected chi connectivity index (χ3v) is 10.1. The van der Waals surface area contributed by atoms with Crippen molar-refractivity contribution in [1.29, 1.82) is 0 Å². The van der Waals surface area contributed by atoms with Gasteiger partial charge in [0, 0.05) is 43.8 Å². The molecule has 2 aliphatic heterocycles. The quantitative estimate of drug-likeness (QED) is 0.108. The average molecular weight is 859 g/mol. The normalized spacial score (nSPS) is 11.9. The fourth-order valence-electron chi connectivity index (χ4n) is 7.43. The summed E-state index contributed by atoms with van der Waals surface area (Å²) >= 11 is 0. The van der Waals surface area contributed by atoms with E-state index in [1.807, 2.05) is 0 Å². The van der Waals surface area contributed by atoms with Crippen LogP contribution in [0.3, 0.4) is 0 Å². The van der Waals surface area contributed by atoms with Gasteiger partial charge in [0.05, 0.1) is 46.7 Å². The molecule has 9 rings (SSSR count). The van der Waals surface area contributed by atoms with E-state index in [1.165, 1.54) is 0 Å². The van der Waals surface area contributed by atoms with Crippen LogP contribution in [0.4, 0.5) is 0 Å². The molecule has 0 amide bonds. The number of fused-ring (bicyclic) bond motifs is 20. The molecular formula is C48H42N8O8. The number of ether oxygens (including phenoxy) is 4. The van der Waals surface area contributed by atoms with Crippen LogP contribution >= 0.6 is 0 Å². The molecule has 5 heterocycles. The Labute approximate surface area is 365 Å². The van der Waals surface area contributed by atoms with Gasteiger partial charge < -0.3 is 28.9 Å². The van der Waals surface area contributed by atoms with Gasteiger partial charge in [-0.1, -0.05) is 0 Å². The van der Waals surface area contributed by atoms with Gasteiger partial charge in [-0.3, -0.25) is 0 Å². The lowest BCUT2D eigenvalue weighted by atomic mass is 10.0. The highest BCUT2D eigenvalue weighted by molar-refractivity contribution is 6.09. The van der Waals surface area contributed by atoms with Crippen molar-refractivity contribution in [1.82, 2.24) is 39.9 Å². The number of hydrogen-bond donors (Lipinski definition) is 2. The molecule has 0 atom stereocenters. The fraction of sp³-hybridized carbons (Fsp3) is 0.250. The molecule has 0 saturated heterocycles. The van der Waals surface area contributed by atoms with Crippen molar-refractivity contribution in [3.63, 3.8) is 0 Å². The first-order chi connectivity index (χ1) is 30.6. The van der Waals surface area contributed by atoms with Crippen molar-refractivity contribution in [3.8, 4) is 45.6 Å². The number of nitrogens with zero attached hydrogens (tertiary/aromatic N) is 6. The number of aromatic amines is 2. The lowest BCUT2D eigenvalue weighted by Gasteiger charge is -2.08. The molecule has 16 nitrogen and oxygen atoms in total. The van der Waals surface area contributed by atoms with E-state index in [0.29, 0.717) is 77.5 Å². The van der Waals surface area contributed by atoms with Crippen LogP contribution in [0.1, 0.15) is 96.8 Å². The Hall–Kier alpha value is -7.88. The van der Waals surface area contributed by atoms with E-state index in [0.717, 1.165) is 0 Å². The molecule has 2 N–H and O–H groups in total. The van der Waals surface area contributed by atoms with Crippen LogP contribution in [0.25, 0.3) is 89.7 Å². The zero-order valence-electron chi connectivity index (χ0n) is 36.2. The predicted molar refractivity (Wildman–Crippen MR) is 238 cm³/mol. The van der Waals surface area contributed by atoms with E-state index in [2.05, 4.69) is 9.97 Å². The number of nitrogens with one attached hydrogen (secondary N) is 2. The van der Waals surface area contributed by atoms with Crippen LogP contribution in [0, 0.1) is 0 Å². The highest BCUT2D eigenvalue weighted by Gasteiger charge is 2.26. The van der Waals surface area contributed by atoms with E-state index in [4.69, 9.17) is 48.9 Å². The summed E-state index contributed by atoms with van der Waals surface area (Å²) in [6, 6.07) is 20.2. The lowest BCUT2D eigenvalue weighted by molar-refractivity contribution is 0.0367. The molecular weight excluding hydrogens is 817 g/mol. The van der Waals surface area contributed by atoms with Crippen LogP contribution in [0.2, 0.25) is 0 Å². The largest absolute Gasteiger partial charge is 0.459 e. The molecule has 0 saturated carbocycles. The van der Waals surface area contributed by atoms with Crippen molar-refractivity contribution < 1.29 is 38.1 Å². The Kier molecular flexibility index (Phi) is 10.4. The van der Waals surface area contributed by atoms with E-state index < -0.39 is 23.9 Å². The summed E-state index contributed by atoms with van der Waals surface area (Å²) in [7, 11) is 0. The van der Waals surface area contributed by atoms with Crippen molar-refractivity contribution in [2.24, 2.45) is 0 Å². The maximum absolute atomic E-state index is 13.2. The second-order valence-corrected chi connectivity index (χ2v) is 16.5. The van der Waals surface area contributed by atoms with Crippen LogP contribution in [0.5, 0.6) is 0 Å². The third kappa shape index (κ3) is 7.78. The first-order valence-electron chi connectivity index (χ1n) is 20.8. The van der Waals surface area contributed by atoms with Gasteiger partial charge in [-0.05, 0) is 128 Å². The second-order valence-electron chi connectivity index (χ2n) is 16.5. The Morgan fingerprint density at radius 3 is 0.969 bits per heavy atom. The van der Waals surface area contributed by atoms with E-state index in [1.54, 1.807) is 128 Å². The first-order valence-corrected chi connectivity index (χ1v) is 20.8. The van der Waals surface area contributed by atoms with Gasteiger partial charge >= 0.3 is 23.9 Å². The predicted octanol–water partition coefficient (Wildman–Crippen LogP) is 9.13. The van der Waals surface area contributed by atoms with Crippen molar-refractivity contribution in [2.45, 2.75) is 79.8 Å². The zero-order valence-corrected chi connectivity index (χ0v) is 36.2. The summed E-state index contributed by atoms with van der Waals surface area (Å²) in [5.41, 5.74) is 4.58. The van der Waals surface area contributed by atoms with E-state index >= 15 is 0 Å². The van der Waals surface area contributed by atoms with E-state index in [-0.39, 0.29) is 58.8 Å². The number of benzene rings is 4. The molecule has 7 aromatic rings. The number of aromatic nitrogens is 8. The van der Waals surface area contributed by atoms with Gasteiger partial charge in [0.15, 0.2) is 23.3 Å². The Morgan fingerprint density at radius 1 is 0.359 bits per heavy atom. The number of hydrogen-bond acceptors (Lipinski definition) is 14. The maximum atomic E-state index is 13.2. The van der Waals surface area contributed by atoms with Crippen LogP contribution in [-0.2, 0) is 18.9 Å². The van der Waals surface area contributed by atoms with Gasteiger partial charge in [-0.15, -0.1) is 0 Å². The number of carbonyl (C=O) groups is 4. The van der Waals surface area contributed by atoms with Crippen molar-refractivity contribution >= 4 is 68.0 Å². The molecule has 0 aliphatic carbocycles. The van der Waals surface area contributed by atoms with Crippen LogP contribution in [0.15, 0.2) is 72.8 Å². The lowest BCUT2D eigenvalue weighted by Crippen LogP contribution is -2.11. The van der Waals surface area contributed by atoms with Crippen LogP contribution < -0.4 is 0 Å². The van der Waals surface area contributed by atoms with E-state index in [9.17, 15) is 19.2 Å². The molecule has 0 unspecified atom stereocenters. The molecule has 8 bridgehead atoms. The monoisotopic (exact) mass is 858 g/mol. The number of H-pyrrole nitrogens is 2. The summed E-state index contributed by atoms with van der Waals surface area (Å²) in [4.78, 5) is 89.5. The minimum Gasteiger partial charge on any atom is -0.459 e. The molecule has 0 radical (unpaired) electrons. The minimum atomic E-state index is -0.520. The maximum Gasteiger partial charge on any atom is 0.338 e. The molecule has 2 aliphatic rings. The number of rotatable bonds is 8. The topological polar surface area (TPSA) is 214 Å². The van der Waals surface area contributed by atoms with Crippen LogP contribution in [-0.4, -0.2) is 88.2 Å². The van der Waals surface area contributed by atoms with Gasteiger partial charge in [0.1, 0.15) is 22.6 Å². The molecule has 0 fully saturated rings. The summed E-state index contributed by atoms with van der Waals surface area (Å²) in [5, 5.41) is 2.24. The standard InChI is InChI=1S/C48H42N8O8/c1-21(2)61-45(57)25-9-13-29-33(17-25)41-49-37(29)54-42-35-19-27(47(59)63-23(5)6)11-15-31(35)39(51-42)56-44-36-20-28(48(60)64-24(7)8)12-16-32(36)40(52-44)55-43-34-18-26(46(58)62-22(3)4)10-14-30(34)38(50-43)53-41/h9-24H,1-8H3,(H2,49,50,51,52,53,54,55,56). The second kappa shape index (κ2) is 16.1. The third-order valence-electron chi connectivity index (χ3n) is 10.1. The van der Waals surface area contributed by atoms with Gasteiger partial charge in [0.2, 0.25) is 0 Å². The molecule has 64 heavy (non-hydrogen) atoms. The molecule has 0 spiro atoms. The Bertz CT molecular complexity index is 3080. The summed E-state index contributed by atoms with van der Waals surface area (Å²) in [6.07, 6.45) is -1.42. The van der Waals surface area contributed by atoms with Crippen molar-refractivity contribution in [2.75, 3.05) is 0 Å². The summed E-state index contributed by atoms with van der Waals surface area (Å²) in [5.74, 6) is -1.13. The number of carbonyl (C=O) groups excluding carboxylic acids is 4. The Balaban J connectivity index is 1.40. The summed E-state index contributed by atoms with van der Waals surface area (Å²) in [6.45, 7) is 14.2. The van der Waals surface area contributed by atoms with Gasteiger partial charge in [0.25, 0.3) is 0 Å². The smallest absolute Gasteiger partial charge is 0.338 e. The van der Waals surface area contributed by atoms with Gasteiger partial charge in [-0.25, -0.2) is 49.1 Å². The zero-order chi connectivity index (χ0) is 45.1. The first kappa shape index (κ1) is 41.5. The number of esters is 4. The molecule has 4 aromatic carbocycles. The van der Waals surface area contributed by atoms with Crippen molar-refractivity contribution in [3.05, 3.63) is 95.1 Å².